The van der Waals surface area contributed by atoms with Crippen LogP contribution in [0.1, 0.15) is 47.1 Å². The molecule has 1 atom stereocenters. The van der Waals surface area contributed by atoms with E-state index in [0.717, 1.165) is 48.2 Å². The number of nitrogens with two attached hydrogens (primary N) is 1. The molecule has 1 aliphatic carbocycles. The van der Waals surface area contributed by atoms with E-state index in [0.29, 0.717) is 12.4 Å². The van der Waals surface area contributed by atoms with Crippen LogP contribution in [0, 0.1) is 0 Å². The Bertz CT molecular complexity index is 1290. The number of aromatic nitrogens is 3. The van der Waals surface area contributed by atoms with Crippen molar-refractivity contribution in [2.24, 2.45) is 21.2 Å². The van der Waals surface area contributed by atoms with Crippen molar-refractivity contribution < 1.29 is 0 Å². The minimum absolute atomic E-state index is 0.231. The number of fused-ring (bicyclic) bond motifs is 2. The molecule has 0 saturated carbocycles. The first-order chi connectivity index (χ1) is 16.7. The molecule has 4 aromatic rings. The molecule has 8 nitrogen and oxygen atoms in total. The lowest BCUT2D eigenvalue weighted by Gasteiger charge is -2.34. The number of para-hydroxylation sites is 2. The summed E-state index contributed by atoms with van der Waals surface area (Å²) in [6.07, 6.45) is 5.21. The summed E-state index contributed by atoms with van der Waals surface area (Å²) < 4.78 is 0. The number of rotatable bonds is 7. The highest BCUT2D eigenvalue weighted by molar-refractivity contribution is 5.97. The number of H-pyrrole nitrogens is 1. The number of aromatic amines is 1. The second-order valence-electron chi connectivity index (χ2n) is 8.53. The maximum absolute atomic E-state index is 6.01. The molecule has 34 heavy (non-hydrogen) atoms. The molecule has 172 valence electrons. The summed E-state index contributed by atoms with van der Waals surface area (Å²) in [5, 5.41) is 11.1. The first kappa shape index (κ1) is 21.9. The van der Waals surface area contributed by atoms with E-state index in [1.165, 1.54) is 16.8 Å². The molecular weight excluding hydrogens is 424 g/mol. The number of hydrogen-bond acceptors (Lipinski definition) is 5. The molecule has 0 spiro atoms. The Morgan fingerprint density at radius 2 is 1.94 bits per heavy atom. The third-order valence-electron chi connectivity index (χ3n) is 6.27. The predicted octanol–water partition coefficient (Wildman–Crippen LogP) is 4.74. The normalized spacial score (nSPS) is 16.4. The summed E-state index contributed by atoms with van der Waals surface area (Å²) in [4.78, 5) is 15.6. The van der Waals surface area contributed by atoms with Crippen LogP contribution < -0.4 is 5.73 Å². The number of amidine groups is 1. The van der Waals surface area contributed by atoms with Crippen molar-refractivity contribution in [3.05, 3.63) is 95.1 Å². The molecule has 1 unspecified atom stereocenters. The summed E-state index contributed by atoms with van der Waals surface area (Å²) in [7, 11) is 1.56. The standard InChI is InChI=1S/C26H28N8/c1-28-33-32-26(27)20-13-11-18(12-14-20)16-34(17-24-30-21-8-2-3-9-22(21)31-24)23-10-4-6-19-7-5-15-29-25(19)23/h2-3,5,7-9,11-15,23H,4,6,10,16-17H2,1H3,(H,30,31)(H2,27,28,32). The Hall–Kier alpha value is -3.91. The predicted molar refractivity (Wildman–Crippen MR) is 133 cm³/mol. The van der Waals surface area contributed by atoms with Crippen LogP contribution in [0.4, 0.5) is 0 Å². The second-order valence-corrected chi connectivity index (χ2v) is 8.53. The van der Waals surface area contributed by atoms with E-state index in [1.54, 1.807) is 7.05 Å². The summed E-state index contributed by atoms with van der Waals surface area (Å²) >= 11 is 0. The minimum atomic E-state index is 0.231. The molecule has 2 aromatic heterocycles. The monoisotopic (exact) mass is 452 g/mol. The number of nitrogens with one attached hydrogen (secondary N) is 1. The highest BCUT2D eigenvalue weighted by Crippen LogP contribution is 2.34. The van der Waals surface area contributed by atoms with Crippen molar-refractivity contribution in [3.8, 4) is 0 Å². The zero-order chi connectivity index (χ0) is 23.3. The molecule has 0 radical (unpaired) electrons. The highest BCUT2D eigenvalue weighted by atomic mass is 15.4. The smallest absolute Gasteiger partial charge is 0.155 e. The molecule has 0 aliphatic heterocycles. The van der Waals surface area contributed by atoms with Gasteiger partial charge in [-0.3, -0.25) is 9.88 Å². The molecule has 8 heteroatoms. The molecule has 0 fully saturated rings. The van der Waals surface area contributed by atoms with Crippen LogP contribution in [0.2, 0.25) is 0 Å². The molecule has 0 bridgehead atoms. The number of nitrogens with zero attached hydrogens (tertiary/aromatic N) is 6. The largest absolute Gasteiger partial charge is 0.382 e. The van der Waals surface area contributed by atoms with Crippen LogP contribution in [-0.4, -0.2) is 32.7 Å². The van der Waals surface area contributed by atoms with Crippen LogP contribution >= 0.6 is 0 Å². The fraction of sp³-hybridized carbons (Fsp3) is 0.269. The number of hydrogen-bond donors (Lipinski definition) is 2. The van der Waals surface area contributed by atoms with E-state index >= 15 is 0 Å². The maximum Gasteiger partial charge on any atom is 0.155 e. The van der Waals surface area contributed by atoms with Crippen LogP contribution in [0.15, 0.2) is 82.3 Å². The zero-order valence-electron chi connectivity index (χ0n) is 19.2. The Kier molecular flexibility index (Phi) is 6.40. The van der Waals surface area contributed by atoms with Gasteiger partial charge in [-0.15, -0.1) is 5.10 Å². The van der Waals surface area contributed by atoms with Crippen molar-refractivity contribution in [2.75, 3.05) is 7.05 Å². The molecule has 1 aliphatic rings. The number of aryl methyl sites for hydroxylation is 1. The van der Waals surface area contributed by atoms with Gasteiger partial charge in [0.15, 0.2) is 5.84 Å². The van der Waals surface area contributed by atoms with Crippen LogP contribution in [0.25, 0.3) is 11.0 Å². The molecular formula is C26H28N8. The quantitative estimate of drug-likeness (QED) is 0.183. The van der Waals surface area contributed by atoms with Gasteiger partial charge in [-0.2, -0.15) is 5.11 Å². The zero-order valence-corrected chi connectivity index (χ0v) is 19.2. The molecule has 3 N–H and O–H groups in total. The van der Waals surface area contributed by atoms with E-state index in [1.807, 2.05) is 42.6 Å². The van der Waals surface area contributed by atoms with Gasteiger partial charge in [0.1, 0.15) is 5.82 Å². The van der Waals surface area contributed by atoms with Gasteiger partial charge in [-0.25, -0.2) is 4.98 Å². The summed E-state index contributed by atoms with van der Waals surface area (Å²) in [6, 6.07) is 20.8. The number of imidazole rings is 1. The minimum Gasteiger partial charge on any atom is -0.382 e. The van der Waals surface area contributed by atoms with Gasteiger partial charge in [-0.1, -0.05) is 42.5 Å². The maximum atomic E-state index is 6.01. The van der Waals surface area contributed by atoms with Crippen molar-refractivity contribution in [2.45, 2.75) is 38.4 Å². The third kappa shape index (κ3) is 4.72. The number of pyridine rings is 1. The van der Waals surface area contributed by atoms with E-state index < -0.39 is 0 Å². The van der Waals surface area contributed by atoms with E-state index in [2.05, 4.69) is 49.6 Å². The van der Waals surface area contributed by atoms with E-state index in [4.69, 9.17) is 15.7 Å². The lowest BCUT2D eigenvalue weighted by atomic mass is 9.90. The Morgan fingerprint density at radius 1 is 1.09 bits per heavy atom. The first-order valence-corrected chi connectivity index (χ1v) is 11.5. The summed E-state index contributed by atoms with van der Waals surface area (Å²) in [5.41, 5.74) is 12.6. The average molecular weight is 453 g/mol. The van der Waals surface area contributed by atoms with Gasteiger partial charge in [0.05, 0.1) is 36.4 Å². The average Bonchev–Trinajstić information content (AvgIpc) is 3.29. The molecule has 5 rings (SSSR count). The van der Waals surface area contributed by atoms with Gasteiger partial charge in [0.25, 0.3) is 0 Å². The fourth-order valence-corrected chi connectivity index (χ4v) is 4.66. The van der Waals surface area contributed by atoms with Gasteiger partial charge in [-0.05, 0) is 53.8 Å². The van der Waals surface area contributed by atoms with Gasteiger partial charge in [0.2, 0.25) is 0 Å². The summed E-state index contributed by atoms with van der Waals surface area (Å²) in [6.45, 7) is 1.47. The Balaban J connectivity index is 1.44. The third-order valence-corrected chi connectivity index (χ3v) is 6.27. The molecule has 2 aromatic carbocycles. The van der Waals surface area contributed by atoms with Crippen LogP contribution in [0.5, 0.6) is 0 Å². The Morgan fingerprint density at radius 3 is 2.76 bits per heavy atom. The van der Waals surface area contributed by atoms with Gasteiger partial charge >= 0.3 is 0 Å². The van der Waals surface area contributed by atoms with Gasteiger partial charge < -0.3 is 10.7 Å². The van der Waals surface area contributed by atoms with Gasteiger partial charge in [0, 0.05) is 18.3 Å². The SMILES string of the molecule is CN=N/N=C(\N)c1ccc(CN(Cc2nc3ccccc3[nH]2)C2CCCc3cccnc32)cc1. The van der Waals surface area contributed by atoms with Crippen molar-refractivity contribution in [1.29, 1.82) is 0 Å². The van der Waals surface area contributed by atoms with Crippen molar-refractivity contribution in [1.82, 2.24) is 19.9 Å². The van der Waals surface area contributed by atoms with Crippen LogP contribution in [0.3, 0.4) is 0 Å². The van der Waals surface area contributed by atoms with E-state index in [-0.39, 0.29) is 6.04 Å². The second kappa shape index (κ2) is 9.93. The topological polar surface area (TPSA) is 108 Å². The lowest BCUT2D eigenvalue weighted by molar-refractivity contribution is 0.153. The van der Waals surface area contributed by atoms with Crippen molar-refractivity contribution >= 4 is 16.9 Å². The van der Waals surface area contributed by atoms with Crippen LogP contribution in [-0.2, 0) is 19.5 Å². The lowest BCUT2D eigenvalue weighted by Crippen LogP contribution is -2.31. The first-order valence-electron chi connectivity index (χ1n) is 11.5. The molecule has 0 saturated heterocycles. The Labute approximate surface area is 198 Å². The molecule has 0 amide bonds. The molecule has 2 heterocycles. The summed E-state index contributed by atoms with van der Waals surface area (Å²) in [5.74, 6) is 1.31. The number of benzene rings is 2. The highest BCUT2D eigenvalue weighted by Gasteiger charge is 2.28. The van der Waals surface area contributed by atoms with Crippen molar-refractivity contribution in [3.63, 3.8) is 0 Å². The van der Waals surface area contributed by atoms with E-state index in [9.17, 15) is 0 Å². The fourth-order valence-electron chi connectivity index (χ4n) is 4.66.